The quantitative estimate of drug-likeness (QED) is 0.847. The summed E-state index contributed by atoms with van der Waals surface area (Å²) < 4.78 is 24.3. The van der Waals surface area contributed by atoms with Gasteiger partial charge in [0.1, 0.15) is 18.0 Å². The first kappa shape index (κ1) is 21.1. The van der Waals surface area contributed by atoms with E-state index in [1.165, 1.54) is 25.3 Å². The number of carbonyl (C=O) groups is 1. The van der Waals surface area contributed by atoms with Crippen LogP contribution in [0.2, 0.25) is 0 Å². The molecule has 2 atom stereocenters. The Hall–Kier alpha value is -2.60. The molecule has 2 aromatic rings. The largest absolute Gasteiger partial charge is 0.493 e. The number of hydrogen-bond acceptors (Lipinski definition) is 4. The molecule has 1 N–H and O–H groups in total. The summed E-state index contributed by atoms with van der Waals surface area (Å²) in [6.07, 6.45) is -0.883. The molecule has 1 heterocycles. The molecule has 1 aliphatic rings. The Bertz CT molecular complexity index is 860. The molecule has 1 saturated heterocycles. The number of methoxy groups -OCH3 is 1. The average molecular weight is 401 g/mol. The normalized spacial score (nSPS) is 19.7. The topological polar surface area (TPSA) is 59.0 Å². The zero-order valence-corrected chi connectivity index (χ0v) is 17.3. The maximum absolute atomic E-state index is 13.4. The van der Waals surface area contributed by atoms with Crippen molar-refractivity contribution in [2.75, 3.05) is 20.2 Å². The minimum absolute atomic E-state index is 0.0227. The van der Waals surface area contributed by atoms with E-state index in [0.717, 1.165) is 5.56 Å². The van der Waals surface area contributed by atoms with Crippen LogP contribution in [-0.4, -0.2) is 48.3 Å². The SMILES string of the molecule is COc1cc(F)ccc1O[C@@H]1CCN(C(=O)c2ccc(C(C)(C)C)cc2)C[C@H]1O. The average Bonchev–Trinajstić information content (AvgIpc) is 2.69. The first-order valence-corrected chi connectivity index (χ1v) is 9.77. The second-order valence-corrected chi connectivity index (χ2v) is 8.39. The van der Waals surface area contributed by atoms with E-state index >= 15 is 0 Å². The summed E-state index contributed by atoms with van der Waals surface area (Å²) in [7, 11) is 1.43. The monoisotopic (exact) mass is 401 g/mol. The molecule has 0 bridgehead atoms. The molecule has 156 valence electrons. The second-order valence-electron chi connectivity index (χ2n) is 8.39. The molecular weight excluding hydrogens is 373 g/mol. The van der Waals surface area contributed by atoms with Crippen molar-refractivity contribution >= 4 is 5.91 Å². The maximum Gasteiger partial charge on any atom is 0.253 e. The number of benzene rings is 2. The minimum atomic E-state index is -0.851. The molecule has 6 heteroatoms. The lowest BCUT2D eigenvalue weighted by Crippen LogP contribution is -2.51. The second kappa shape index (κ2) is 8.41. The molecule has 5 nitrogen and oxygen atoms in total. The van der Waals surface area contributed by atoms with E-state index in [2.05, 4.69) is 20.8 Å². The summed E-state index contributed by atoms with van der Waals surface area (Å²) in [5, 5.41) is 10.5. The summed E-state index contributed by atoms with van der Waals surface area (Å²) in [5.74, 6) is 0.111. The third-order valence-corrected chi connectivity index (χ3v) is 5.21. The van der Waals surface area contributed by atoms with Crippen molar-refractivity contribution in [3.63, 3.8) is 0 Å². The number of ether oxygens (including phenoxy) is 2. The van der Waals surface area contributed by atoms with E-state index in [1.54, 1.807) is 4.90 Å². The van der Waals surface area contributed by atoms with Gasteiger partial charge in [0.05, 0.1) is 13.7 Å². The summed E-state index contributed by atoms with van der Waals surface area (Å²) in [5.41, 5.74) is 1.79. The van der Waals surface area contributed by atoms with Crippen molar-refractivity contribution in [3.8, 4) is 11.5 Å². The third-order valence-electron chi connectivity index (χ3n) is 5.21. The molecule has 0 radical (unpaired) electrons. The van der Waals surface area contributed by atoms with E-state index in [9.17, 15) is 14.3 Å². The third kappa shape index (κ3) is 4.88. The van der Waals surface area contributed by atoms with Gasteiger partial charge in [0.25, 0.3) is 5.91 Å². The predicted octanol–water partition coefficient (Wildman–Crippen LogP) is 3.79. The number of β-amino-alcohol motifs (C(OH)–C–C–N with tert-alkyl or cyclic N) is 1. The molecule has 1 amide bonds. The van der Waals surface area contributed by atoms with Gasteiger partial charge in [0.15, 0.2) is 11.5 Å². The van der Waals surface area contributed by atoms with Crippen molar-refractivity contribution in [2.24, 2.45) is 0 Å². The number of carbonyl (C=O) groups excluding carboxylic acids is 1. The Morgan fingerprint density at radius 3 is 2.41 bits per heavy atom. The van der Waals surface area contributed by atoms with E-state index in [-0.39, 0.29) is 23.6 Å². The fourth-order valence-corrected chi connectivity index (χ4v) is 3.43. The molecule has 29 heavy (non-hydrogen) atoms. The van der Waals surface area contributed by atoms with Crippen LogP contribution in [0.4, 0.5) is 4.39 Å². The molecule has 0 spiro atoms. The van der Waals surface area contributed by atoms with E-state index in [0.29, 0.717) is 24.3 Å². The molecule has 0 saturated carbocycles. The van der Waals surface area contributed by atoms with Crippen LogP contribution in [0, 0.1) is 5.82 Å². The number of aliphatic hydroxyl groups is 1. The summed E-state index contributed by atoms with van der Waals surface area (Å²) in [4.78, 5) is 14.5. The zero-order valence-electron chi connectivity index (χ0n) is 17.3. The first-order valence-electron chi connectivity index (χ1n) is 9.77. The van der Waals surface area contributed by atoms with Crippen molar-refractivity contribution < 1.29 is 23.8 Å². The molecule has 1 aliphatic heterocycles. The van der Waals surface area contributed by atoms with E-state index in [4.69, 9.17) is 9.47 Å². The Balaban J connectivity index is 1.64. The van der Waals surface area contributed by atoms with Gasteiger partial charge in [-0.1, -0.05) is 32.9 Å². The molecule has 3 rings (SSSR count). The Morgan fingerprint density at radius 1 is 1.14 bits per heavy atom. The summed E-state index contributed by atoms with van der Waals surface area (Å²) >= 11 is 0. The lowest BCUT2D eigenvalue weighted by atomic mass is 9.86. The molecule has 2 aromatic carbocycles. The van der Waals surface area contributed by atoms with E-state index in [1.807, 2.05) is 24.3 Å². The summed E-state index contributed by atoms with van der Waals surface area (Å²) in [6, 6.07) is 11.6. The zero-order chi connectivity index (χ0) is 21.2. The van der Waals surface area contributed by atoms with Gasteiger partial charge in [-0.05, 0) is 35.2 Å². The minimum Gasteiger partial charge on any atom is -0.493 e. The number of rotatable bonds is 4. The number of nitrogens with zero attached hydrogens (tertiary/aromatic N) is 1. The predicted molar refractivity (Wildman–Crippen MR) is 109 cm³/mol. The highest BCUT2D eigenvalue weighted by molar-refractivity contribution is 5.94. The number of halogens is 1. The highest BCUT2D eigenvalue weighted by Gasteiger charge is 2.32. The van der Waals surface area contributed by atoms with Crippen molar-refractivity contribution in [3.05, 3.63) is 59.4 Å². The van der Waals surface area contributed by atoms with E-state index < -0.39 is 18.0 Å². The van der Waals surface area contributed by atoms with Gasteiger partial charge in [0.2, 0.25) is 0 Å². The van der Waals surface area contributed by atoms with Gasteiger partial charge in [-0.2, -0.15) is 0 Å². The Morgan fingerprint density at radius 2 is 1.83 bits per heavy atom. The van der Waals surface area contributed by atoms with Crippen LogP contribution in [0.15, 0.2) is 42.5 Å². The van der Waals surface area contributed by atoms with Crippen LogP contribution < -0.4 is 9.47 Å². The van der Waals surface area contributed by atoms with Crippen LogP contribution in [0.1, 0.15) is 43.1 Å². The fourth-order valence-electron chi connectivity index (χ4n) is 3.43. The molecule has 0 aromatic heterocycles. The van der Waals surface area contributed by atoms with Gasteiger partial charge in [0, 0.05) is 24.6 Å². The number of piperidine rings is 1. The molecule has 0 unspecified atom stereocenters. The van der Waals surface area contributed by atoms with Gasteiger partial charge < -0.3 is 19.5 Å². The fraction of sp³-hybridized carbons (Fsp3) is 0.435. The first-order chi connectivity index (χ1) is 13.7. The number of likely N-dealkylation sites (tertiary alicyclic amines) is 1. The Labute approximate surface area is 171 Å². The van der Waals surface area contributed by atoms with Gasteiger partial charge in [-0.3, -0.25) is 4.79 Å². The van der Waals surface area contributed by atoms with Crippen LogP contribution in [0.5, 0.6) is 11.5 Å². The van der Waals surface area contributed by atoms with Crippen LogP contribution >= 0.6 is 0 Å². The summed E-state index contributed by atoms with van der Waals surface area (Å²) in [6.45, 7) is 7.02. The lowest BCUT2D eigenvalue weighted by Gasteiger charge is -2.36. The van der Waals surface area contributed by atoms with Crippen LogP contribution in [0.25, 0.3) is 0 Å². The molecule has 0 aliphatic carbocycles. The number of aliphatic hydroxyl groups excluding tert-OH is 1. The van der Waals surface area contributed by atoms with Gasteiger partial charge in [-0.15, -0.1) is 0 Å². The Kier molecular flexibility index (Phi) is 6.13. The van der Waals surface area contributed by atoms with Crippen molar-refractivity contribution in [1.82, 2.24) is 4.90 Å². The smallest absolute Gasteiger partial charge is 0.253 e. The highest BCUT2D eigenvalue weighted by atomic mass is 19.1. The standard InChI is InChI=1S/C23H28FNO4/c1-23(2,3)16-7-5-15(6-8-16)22(27)25-12-11-19(18(26)14-25)29-20-10-9-17(24)13-21(20)28-4/h5-10,13,18-19,26H,11-12,14H2,1-4H3/t18-,19-/m1/s1. The van der Waals surface area contributed by atoms with Crippen LogP contribution in [-0.2, 0) is 5.41 Å². The van der Waals surface area contributed by atoms with Crippen molar-refractivity contribution in [1.29, 1.82) is 0 Å². The molecular formula is C23H28FNO4. The maximum atomic E-state index is 13.4. The van der Waals surface area contributed by atoms with Gasteiger partial charge in [-0.25, -0.2) is 4.39 Å². The molecule has 1 fully saturated rings. The van der Waals surface area contributed by atoms with Crippen molar-refractivity contribution in [2.45, 2.75) is 44.8 Å². The lowest BCUT2D eigenvalue weighted by molar-refractivity contribution is -0.0207. The van der Waals surface area contributed by atoms with Gasteiger partial charge >= 0.3 is 0 Å². The number of hydrogen-bond donors (Lipinski definition) is 1. The number of amides is 1. The highest BCUT2D eigenvalue weighted by Crippen LogP contribution is 2.30. The van der Waals surface area contributed by atoms with Crippen LogP contribution in [0.3, 0.4) is 0 Å².